The molecule has 0 aliphatic rings. The molecule has 1 rings (SSSR count). The molecular formula is C7H2ClF2IN2O2S. The minimum atomic E-state index is -4.10. The zero-order chi connectivity index (χ0) is 12.5. The number of halogens is 4. The molecule has 1 heterocycles. The first-order chi connectivity index (χ1) is 7.27. The maximum atomic E-state index is 12.4. The summed E-state index contributed by atoms with van der Waals surface area (Å²) in [6.45, 7) is 0. The molecule has 0 radical (unpaired) electrons. The molecule has 4 nitrogen and oxygen atoms in total. The van der Waals surface area contributed by atoms with Crippen molar-refractivity contribution >= 4 is 42.3 Å². The van der Waals surface area contributed by atoms with Crippen LogP contribution in [0.3, 0.4) is 0 Å². The van der Waals surface area contributed by atoms with Crippen LogP contribution in [0.4, 0.5) is 8.78 Å². The quantitative estimate of drug-likeness (QED) is 0.450. The number of pyridine rings is 1. The van der Waals surface area contributed by atoms with Gasteiger partial charge in [0, 0.05) is 10.7 Å². The summed E-state index contributed by atoms with van der Waals surface area (Å²) in [6.07, 6.45) is -2.95. The molecule has 0 atom stereocenters. The normalized spacial score (nSPS) is 11.5. The van der Waals surface area contributed by atoms with Crippen molar-refractivity contribution in [2.75, 3.05) is 0 Å². The van der Waals surface area contributed by atoms with Crippen LogP contribution in [-0.4, -0.2) is 13.4 Å². The molecule has 0 bridgehead atoms. The Balaban J connectivity index is 3.58. The fourth-order valence-electron chi connectivity index (χ4n) is 0.913. The van der Waals surface area contributed by atoms with E-state index in [-0.39, 0.29) is 3.70 Å². The Morgan fingerprint density at radius 3 is 2.50 bits per heavy atom. The number of alkyl halides is 2. The second-order valence-electron chi connectivity index (χ2n) is 2.56. The highest BCUT2D eigenvalue weighted by Gasteiger charge is 2.23. The Morgan fingerprint density at radius 1 is 1.56 bits per heavy atom. The van der Waals surface area contributed by atoms with Crippen molar-refractivity contribution in [3.05, 3.63) is 21.0 Å². The van der Waals surface area contributed by atoms with Gasteiger partial charge in [-0.3, -0.25) is 0 Å². The monoisotopic (exact) mass is 378 g/mol. The molecule has 0 spiro atoms. The Labute approximate surface area is 108 Å². The van der Waals surface area contributed by atoms with Gasteiger partial charge in [0.05, 0.1) is 5.56 Å². The first-order valence-electron chi connectivity index (χ1n) is 3.60. The van der Waals surface area contributed by atoms with Gasteiger partial charge in [-0.15, -0.1) is 0 Å². The van der Waals surface area contributed by atoms with Crippen molar-refractivity contribution in [2.24, 2.45) is 0 Å². The van der Waals surface area contributed by atoms with Crippen molar-refractivity contribution in [1.29, 1.82) is 5.26 Å². The summed E-state index contributed by atoms with van der Waals surface area (Å²) in [4.78, 5) is 2.91. The number of nitrogens with zero attached hydrogens (tertiary/aromatic N) is 2. The van der Waals surface area contributed by atoms with E-state index in [4.69, 9.17) is 15.9 Å². The molecule has 0 aliphatic heterocycles. The van der Waals surface area contributed by atoms with Crippen LogP contribution in [0, 0.1) is 15.0 Å². The summed E-state index contributed by atoms with van der Waals surface area (Å²) >= 11 is 1.46. The van der Waals surface area contributed by atoms with Crippen LogP contribution in [-0.2, 0) is 9.05 Å². The molecule has 0 unspecified atom stereocenters. The highest BCUT2D eigenvalue weighted by Crippen LogP contribution is 2.27. The van der Waals surface area contributed by atoms with Crippen LogP contribution in [0.1, 0.15) is 17.7 Å². The third-order valence-corrected chi connectivity index (χ3v) is 4.09. The standard InChI is InChI=1S/C7H2ClF2IN2O2S/c8-16(14,15)4-1-3(2-12)5(6(9)10)13-7(4)11/h1,6H. The molecule has 0 fully saturated rings. The van der Waals surface area contributed by atoms with E-state index >= 15 is 0 Å². The van der Waals surface area contributed by atoms with E-state index in [1.165, 1.54) is 28.7 Å². The van der Waals surface area contributed by atoms with E-state index in [0.717, 1.165) is 6.07 Å². The van der Waals surface area contributed by atoms with Gasteiger partial charge in [0.2, 0.25) is 0 Å². The average molecular weight is 379 g/mol. The van der Waals surface area contributed by atoms with Gasteiger partial charge in [0.15, 0.2) is 0 Å². The maximum Gasteiger partial charge on any atom is 0.281 e. The molecule has 0 N–H and O–H groups in total. The van der Waals surface area contributed by atoms with E-state index in [9.17, 15) is 17.2 Å². The molecule has 0 saturated heterocycles. The van der Waals surface area contributed by atoms with Gasteiger partial charge in [0.1, 0.15) is 20.4 Å². The van der Waals surface area contributed by atoms with Gasteiger partial charge in [0.25, 0.3) is 15.5 Å². The maximum absolute atomic E-state index is 12.4. The SMILES string of the molecule is N#Cc1cc(S(=O)(=O)Cl)c(I)nc1C(F)F. The molecule has 0 aliphatic carbocycles. The number of rotatable bonds is 2. The summed E-state index contributed by atoms with van der Waals surface area (Å²) in [5, 5.41) is 8.58. The van der Waals surface area contributed by atoms with Gasteiger partial charge < -0.3 is 0 Å². The van der Waals surface area contributed by atoms with Crippen LogP contribution in [0.25, 0.3) is 0 Å². The Hall–Kier alpha value is -0.530. The van der Waals surface area contributed by atoms with Crippen molar-refractivity contribution < 1.29 is 17.2 Å². The summed E-state index contributed by atoms with van der Waals surface area (Å²) < 4.78 is 46.7. The molecule has 16 heavy (non-hydrogen) atoms. The zero-order valence-corrected chi connectivity index (χ0v) is 11.0. The molecule has 0 saturated carbocycles. The summed E-state index contributed by atoms with van der Waals surface area (Å²) in [5.41, 5.74) is -1.26. The molecule has 1 aromatic heterocycles. The lowest BCUT2D eigenvalue weighted by Crippen LogP contribution is -2.04. The summed E-state index contributed by atoms with van der Waals surface area (Å²) in [6, 6.07) is 2.24. The summed E-state index contributed by atoms with van der Waals surface area (Å²) in [5.74, 6) is 0. The van der Waals surface area contributed by atoms with E-state index < -0.39 is 31.6 Å². The van der Waals surface area contributed by atoms with Crippen LogP contribution >= 0.6 is 33.3 Å². The smallest absolute Gasteiger partial charge is 0.238 e. The van der Waals surface area contributed by atoms with Crippen LogP contribution in [0.15, 0.2) is 11.0 Å². The van der Waals surface area contributed by atoms with E-state index in [0.29, 0.717) is 0 Å². The molecule has 9 heteroatoms. The van der Waals surface area contributed by atoms with E-state index in [1.807, 2.05) is 0 Å². The van der Waals surface area contributed by atoms with Gasteiger partial charge in [-0.05, 0) is 28.7 Å². The van der Waals surface area contributed by atoms with Crippen LogP contribution in [0.2, 0.25) is 0 Å². The predicted octanol–water partition coefficient (Wildman–Crippen LogP) is 2.42. The predicted molar refractivity (Wildman–Crippen MR) is 59.7 cm³/mol. The fourth-order valence-corrected chi connectivity index (χ4v) is 3.45. The second-order valence-corrected chi connectivity index (χ2v) is 6.12. The van der Waals surface area contributed by atoms with Crippen molar-refractivity contribution in [2.45, 2.75) is 11.3 Å². The van der Waals surface area contributed by atoms with Gasteiger partial charge in [-0.1, -0.05) is 0 Å². The lowest BCUT2D eigenvalue weighted by molar-refractivity contribution is 0.145. The van der Waals surface area contributed by atoms with E-state index in [2.05, 4.69) is 4.98 Å². The summed E-state index contributed by atoms with van der Waals surface area (Å²) in [7, 11) is 0.953. The van der Waals surface area contributed by atoms with Crippen molar-refractivity contribution in [3.8, 4) is 6.07 Å². The Kier molecular flexibility index (Phi) is 4.03. The highest BCUT2D eigenvalue weighted by atomic mass is 127. The van der Waals surface area contributed by atoms with Gasteiger partial charge in [-0.2, -0.15) is 5.26 Å². The zero-order valence-electron chi connectivity index (χ0n) is 7.29. The van der Waals surface area contributed by atoms with Gasteiger partial charge in [-0.25, -0.2) is 22.2 Å². The largest absolute Gasteiger partial charge is 0.281 e. The first-order valence-corrected chi connectivity index (χ1v) is 6.99. The highest BCUT2D eigenvalue weighted by molar-refractivity contribution is 14.1. The number of nitriles is 1. The molecule has 0 amide bonds. The number of aromatic nitrogens is 1. The lowest BCUT2D eigenvalue weighted by Gasteiger charge is -2.05. The fraction of sp³-hybridized carbons (Fsp3) is 0.143. The average Bonchev–Trinajstić information content (AvgIpc) is 2.15. The third-order valence-electron chi connectivity index (χ3n) is 1.56. The second kappa shape index (κ2) is 4.77. The van der Waals surface area contributed by atoms with Crippen molar-refractivity contribution in [3.63, 3.8) is 0 Å². The molecule has 86 valence electrons. The number of hydrogen-bond acceptors (Lipinski definition) is 4. The van der Waals surface area contributed by atoms with Crippen LogP contribution < -0.4 is 0 Å². The topological polar surface area (TPSA) is 70.8 Å². The lowest BCUT2D eigenvalue weighted by atomic mass is 10.2. The third kappa shape index (κ3) is 2.78. The minimum absolute atomic E-state index is 0.193. The first kappa shape index (κ1) is 13.5. The minimum Gasteiger partial charge on any atom is -0.238 e. The van der Waals surface area contributed by atoms with Crippen LogP contribution in [0.5, 0.6) is 0 Å². The molecule has 1 aromatic rings. The van der Waals surface area contributed by atoms with Gasteiger partial charge >= 0.3 is 0 Å². The van der Waals surface area contributed by atoms with E-state index in [1.54, 1.807) is 0 Å². The Bertz CT molecular complexity index is 570. The molecule has 0 aromatic carbocycles. The van der Waals surface area contributed by atoms with Crippen molar-refractivity contribution in [1.82, 2.24) is 4.98 Å². The number of hydrogen-bond donors (Lipinski definition) is 0. The molecular weight excluding hydrogens is 377 g/mol. The Morgan fingerprint density at radius 2 is 2.12 bits per heavy atom.